The van der Waals surface area contributed by atoms with Crippen molar-refractivity contribution in [2.45, 2.75) is 32.5 Å². The molecule has 0 spiro atoms. The topological polar surface area (TPSA) is 137 Å². The number of ether oxygens (including phenoxy) is 1. The average Bonchev–Trinajstić information content (AvgIpc) is 3.44. The summed E-state index contributed by atoms with van der Waals surface area (Å²) in [7, 11) is 0. The number of aliphatic imine (C=N–C) groups is 1. The van der Waals surface area contributed by atoms with Crippen LogP contribution in [0.4, 0.5) is 0 Å². The summed E-state index contributed by atoms with van der Waals surface area (Å²) >= 11 is 0. The number of amides is 1. The average molecular weight is 489 g/mol. The summed E-state index contributed by atoms with van der Waals surface area (Å²) < 4.78 is 5.36. The predicted molar refractivity (Wildman–Crippen MR) is 134 cm³/mol. The molecule has 1 amide bonds. The largest absolute Gasteiger partial charge is 0.441 e. The first kappa shape index (κ1) is 24.7. The van der Waals surface area contributed by atoms with Crippen LogP contribution in [0.1, 0.15) is 25.8 Å². The molecule has 0 radical (unpaired) electrons. The summed E-state index contributed by atoms with van der Waals surface area (Å²) in [6, 6.07) is 16.0. The number of nitrogens with zero attached hydrogens (tertiary/aromatic N) is 5. The molecule has 0 aliphatic carbocycles. The number of benzene rings is 2. The van der Waals surface area contributed by atoms with Crippen LogP contribution in [-0.4, -0.2) is 62.7 Å². The molecule has 0 saturated carbocycles. The Kier molecular flexibility index (Phi) is 7.81. The fourth-order valence-corrected chi connectivity index (χ4v) is 4.00. The van der Waals surface area contributed by atoms with Gasteiger partial charge in [0.15, 0.2) is 12.6 Å². The van der Waals surface area contributed by atoms with Crippen molar-refractivity contribution in [1.29, 1.82) is 0 Å². The van der Waals surface area contributed by atoms with Crippen molar-refractivity contribution in [3.63, 3.8) is 0 Å². The molecule has 1 unspecified atom stereocenters. The standard InChI is InChI=1S/C25H28N8O3/c1-3-14-33(25(12-13-26-16-28-25)24(35)36-17-27-18(2)34)15-19-8-10-20(11-9-19)21-6-4-5-7-22(21)23-29-31-32-30-23/h4-13,16H,3,14-15,17H2,1-2H3,(H,26,28)(H,27,34)(H,29,30,31,32). The molecule has 186 valence electrons. The van der Waals surface area contributed by atoms with E-state index in [1.807, 2.05) is 60.4 Å². The molecule has 2 aromatic carbocycles. The molecule has 11 nitrogen and oxygen atoms in total. The number of carbonyl (C=O) groups is 2. The highest BCUT2D eigenvalue weighted by Crippen LogP contribution is 2.31. The number of aromatic nitrogens is 4. The maximum absolute atomic E-state index is 13.2. The minimum Gasteiger partial charge on any atom is -0.441 e. The van der Waals surface area contributed by atoms with E-state index in [-0.39, 0.29) is 12.6 Å². The van der Waals surface area contributed by atoms with Gasteiger partial charge in [0.25, 0.3) is 0 Å². The molecule has 0 fully saturated rings. The molecule has 1 aliphatic heterocycles. The van der Waals surface area contributed by atoms with Crippen molar-refractivity contribution in [1.82, 2.24) is 36.2 Å². The zero-order chi connectivity index (χ0) is 25.4. The van der Waals surface area contributed by atoms with Gasteiger partial charge in [-0.3, -0.25) is 9.69 Å². The molecule has 11 heteroatoms. The van der Waals surface area contributed by atoms with Crippen molar-refractivity contribution in [3.8, 4) is 22.5 Å². The number of H-pyrrole nitrogens is 1. The molecule has 36 heavy (non-hydrogen) atoms. The number of hydrogen-bond acceptors (Lipinski definition) is 9. The van der Waals surface area contributed by atoms with Gasteiger partial charge in [-0.2, -0.15) is 0 Å². The Labute approximate surface area is 208 Å². The molecule has 3 aromatic rings. The monoisotopic (exact) mass is 488 g/mol. The smallest absolute Gasteiger partial charge is 0.355 e. The summed E-state index contributed by atoms with van der Waals surface area (Å²) in [5, 5.41) is 19.6. The Hall–Kier alpha value is -4.38. The Bertz CT molecular complexity index is 1230. The second kappa shape index (κ2) is 11.4. The van der Waals surface area contributed by atoms with Crippen LogP contribution in [0.25, 0.3) is 22.5 Å². The number of carbonyl (C=O) groups excluding carboxylic acids is 2. The summed E-state index contributed by atoms with van der Waals surface area (Å²) in [6.45, 7) is 4.23. The van der Waals surface area contributed by atoms with E-state index in [0.717, 1.165) is 28.7 Å². The second-order valence-corrected chi connectivity index (χ2v) is 8.21. The van der Waals surface area contributed by atoms with E-state index >= 15 is 0 Å². The first-order chi connectivity index (χ1) is 17.5. The molecule has 1 aliphatic rings. The lowest BCUT2D eigenvalue weighted by Gasteiger charge is -2.37. The lowest BCUT2D eigenvalue weighted by molar-refractivity contribution is -0.156. The van der Waals surface area contributed by atoms with Gasteiger partial charge in [-0.15, -0.1) is 5.10 Å². The third kappa shape index (κ3) is 5.47. The summed E-state index contributed by atoms with van der Waals surface area (Å²) in [5.41, 5.74) is 2.57. The van der Waals surface area contributed by atoms with Gasteiger partial charge in [0, 0.05) is 31.8 Å². The predicted octanol–water partition coefficient (Wildman–Crippen LogP) is 2.22. The van der Waals surface area contributed by atoms with Crippen molar-refractivity contribution < 1.29 is 14.3 Å². The first-order valence-electron chi connectivity index (χ1n) is 11.6. The lowest BCUT2D eigenvalue weighted by atomic mass is 9.98. The van der Waals surface area contributed by atoms with E-state index < -0.39 is 11.6 Å². The second-order valence-electron chi connectivity index (χ2n) is 8.21. The molecule has 1 aromatic heterocycles. The van der Waals surface area contributed by atoms with E-state index in [1.54, 1.807) is 12.3 Å². The van der Waals surface area contributed by atoms with Gasteiger partial charge in [0.2, 0.25) is 11.6 Å². The van der Waals surface area contributed by atoms with Crippen LogP contribution >= 0.6 is 0 Å². The van der Waals surface area contributed by atoms with E-state index in [4.69, 9.17) is 4.74 Å². The van der Waals surface area contributed by atoms with Gasteiger partial charge in [-0.1, -0.05) is 55.5 Å². The van der Waals surface area contributed by atoms with Crippen LogP contribution < -0.4 is 10.6 Å². The molecule has 0 saturated heterocycles. The molecule has 4 rings (SSSR count). The van der Waals surface area contributed by atoms with Gasteiger partial charge < -0.3 is 15.4 Å². The molecule has 2 heterocycles. The normalized spacial score (nSPS) is 16.5. The number of hydrogen-bond donors (Lipinski definition) is 3. The highest BCUT2D eigenvalue weighted by Gasteiger charge is 2.44. The van der Waals surface area contributed by atoms with Gasteiger partial charge >= 0.3 is 5.97 Å². The molecule has 0 bridgehead atoms. The van der Waals surface area contributed by atoms with Gasteiger partial charge in [0.1, 0.15) is 0 Å². The number of nitrogens with one attached hydrogen (secondary N) is 3. The maximum atomic E-state index is 13.2. The highest BCUT2D eigenvalue weighted by molar-refractivity contribution is 5.86. The highest BCUT2D eigenvalue weighted by atomic mass is 16.5. The zero-order valence-electron chi connectivity index (χ0n) is 20.1. The Balaban J connectivity index is 1.57. The molecular weight excluding hydrogens is 460 g/mol. The number of aromatic amines is 1. The Morgan fingerprint density at radius 3 is 2.53 bits per heavy atom. The maximum Gasteiger partial charge on any atom is 0.355 e. The fourth-order valence-electron chi connectivity index (χ4n) is 4.00. The van der Waals surface area contributed by atoms with E-state index in [2.05, 4.69) is 36.3 Å². The molecule has 1 atom stereocenters. The van der Waals surface area contributed by atoms with Gasteiger partial charge in [-0.05, 0) is 39.6 Å². The summed E-state index contributed by atoms with van der Waals surface area (Å²) in [5.74, 6) is -0.253. The zero-order valence-corrected chi connectivity index (χ0v) is 20.1. The van der Waals surface area contributed by atoms with Crippen molar-refractivity contribution in [2.24, 2.45) is 4.99 Å². The quantitative estimate of drug-likeness (QED) is 0.292. The van der Waals surface area contributed by atoms with Crippen molar-refractivity contribution in [2.75, 3.05) is 13.3 Å². The number of rotatable bonds is 10. The van der Waals surface area contributed by atoms with E-state index in [0.29, 0.717) is 18.9 Å². The van der Waals surface area contributed by atoms with Crippen LogP contribution in [0.3, 0.4) is 0 Å². The van der Waals surface area contributed by atoms with Crippen LogP contribution in [0.2, 0.25) is 0 Å². The van der Waals surface area contributed by atoms with Crippen LogP contribution in [0, 0.1) is 0 Å². The first-order valence-corrected chi connectivity index (χ1v) is 11.6. The van der Waals surface area contributed by atoms with E-state index in [9.17, 15) is 9.59 Å². The SMILES string of the molecule is CCCN(Cc1ccc(-c2ccccc2-c2nnn[nH]2)cc1)C1(C(=O)OCNC(C)=O)C=CNC=N1. The Morgan fingerprint density at radius 2 is 1.89 bits per heavy atom. The third-order valence-corrected chi connectivity index (χ3v) is 5.71. The summed E-state index contributed by atoms with van der Waals surface area (Å²) in [6.07, 6.45) is 5.61. The van der Waals surface area contributed by atoms with Gasteiger partial charge in [-0.25, -0.2) is 14.9 Å². The van der Waals surface area contributed by atoms with Crippen LogP contribution in [0.15, 0.2) is 65.8 Å². The number of tetrazole rings is 1. The van der Waals surface area contributed by atoms with Crippen molar-refractivity contribution in [3.05, 3.63) is 66.4 Å². The minimum atomic E-state index is -1.34. The molecular formula is C25H28N8O3. The van der Waals surface area contributed by atoms with Crippen molar-refractivity contribution >= 4 is 18.2 Å². The Morgan fingerprint density at radius 1 is 1.11 bits per heavy atom. The van der Waals surface area contributed by atoms with Crippen LogP contribution in [0.5, 0.6) is 0 Å². The van der Waals surface area contributed by atoms with E-state index in [1.165, 1.54) is 13.3 Å². The molecule has 3 N–H and O–H groups in total. The van der Waals surface area contributed by atoms with Crippen LogP contribution in [-0.2, 0) is 20.9 Å². The third-order valence-electron chi connectivity index (χ3n) is 5.71. The fraction of sp³-hybridized carbons (Fsp3) is 0.280. The lowest BCUT2D eigenvalue weighted by Crippen LogP contribution is -2.54. The minimum absolute atomic E-state index is 0.221. The summed E-state index contributed by atoms with van der Waals surface area (Å²) in [4.78, 5) is 30.8. The number of esters is 1. The van der Waals surface area contributed by atoms with Gasteiger partial charge in [0.05, 0.1) is 6.34 Å².